The summed E-state index contributed by atoms with van der Waals surface area (Å²) in [6.07, 6.45) is -4.00. The summed E-state index contributed by atoms with van der Waals surface area (Å²) in [6, 6.07) is 0. The van der Waals surface area contributed by atoms with Gasteiger partial charge in [-0.25, -0.2) is 0 Å². The maximum absolute atomic E-state index is 13.0. The Kier molecular flexibility index (Phi) is 4.28. The fraction of sp³-hybridized carbons (Fsp3) is 0.929. The summed E-state index contributed by atoms with van der Waals surface area (Å²) in [4.78, 5) is 12.0. The minimum atomic E-state index is -4.90. The van der Waals surface area contributed by atoms with Crippen LogP contribution < -0.4 is 0 Å². The standard InChI is InChI=1S/C14H21F3O4/c1-3-9(2)11(18)21-12-7-5-4-6-10(12)20-13(19,8-12)14(15,16)17/h9-10,19H,3-8H2,1-2H3. The lowest BCUT2D eigenvalue weighted by atomic mass is 9.80. The first kappa shape index (κ1) is 16.5. The first-order valence-corrected chi connectivity index (χ1v) is 7.33. The number of carbonyl (C=O) groups is 1. The van der Waals surface area contributed by atoms with E-state index < -0.39 is 36.1 Å². The van der Waals surface area contributed by atoms with E-state index in [1.807, 2.05) is 0 Å². The van der Waals surface area contributed by atoms with Gasteiger partial charge in [-0.1, -0.05) is 20.3 Å². The van der Waals surface area contributed by atoms with Crippen LogP contribution in [0.1, 0.15) is 52.4 Å². The SMILES string of the molecule is CCC(C)C(=O)OC12CCCCC1OC(O)(C(F)(F)F)C2. The second-order valence-electron chi connectivity index (χ2n) is 6.11. The predicted octanol–water partition coefficient (Wildman–Crippen LogP) is 2.93. The van der Waals surface area contributed by atoms with Crippen LogP contribution in [-0.4, -0.2) is 34.7 Å². The average molecular weight is 310 g/mol. The van der Waals surface area contributed by atoms with Crippen molar-refractivity contribution >= 4 is 5.97 Å². The predicted molar refractivity (Wildman–Crippen MR) is 67.2 cm³/mol. The minimum absolute atomic E-state index is 0.290. The number of aliphatic hydroxyl groups is 1. The summed E-state index contributed by atoms with van der Waals surface area (Å²) in [7, 11) is 0. The fourth-order valence-corrected chi connectivity index (χ4v) is 3.02. The van der Waals surface area contributed by atoms with E-state index >= 15 is 0 Å². The van der Waals surface area contributed by atoms with E-state index in [1.54, 1.807) is 13.8 Å². The Labute approximate surface area is 121 Å². The summed E-state index contributed by atoms with van der Waals surface area (Å²) in [5, 5.41) is 9.79. The molecular formula is C14H21F3O4. The third-order valence-corrected chi connectivity index (χ3v) is 4.54. The number of ether oxygens (including phenoxy) is 2. The van der Waals surface area contributed by atoms with Gasteiger partial charge in [0.25, 0.3) is 5.79 Å². The number of esters is 1. The Bertz CT molecular complexity index is 412. The smallest absolute Gasteiger partial charge is 0.443 e. The number of rotatable bonds is 3. The lowest BCUT2D eigenvalue weighted by molar-refractivity contribution is -0.357. The van der Waals surface area contributed by atoms with Gasteiger partial charge >= 0.3 is 12.1 Å². The van der Waals surface area contributed by atoms with Gasteiger partial charge in [-0.05, 0) is 25.7 Å². The molecule has 21 heavy (non-hydrogen) atoms. The third kappa shape index (κ3) is 2.90. The van der Waals surface area contributed by atoms with Crippen molar-refractivity contribution in [2.24, 2.45) is 5.92 Å². The van der Waals surface area contributed by atoms with E-state index in [9.17, 15) is 23.1 Å². The minimum Gasteiger partial charge on any atom is -0.456 e. The lowest BCUT2D eigenvalue weighted by Crippen LogP contribution is -2.48. The Balaban J connectivity index is 2.24. The van der Waals surface area contributed by atoms with Crippen molar-refractivity contribution in [3.8, 4) is 0 Å². The molecule has 0 spiro atoms. The van der Waals surface area contributed by atoms with Crippen LogP contribution >= 0.6 is 0 Å². The number of carbonyl (C=O) groups excluding carboxylic acids is 1. The highest BCUT2D eigenvalue weighted by Gasteiger charge is 2.69. The summed E-state index contributed by atoms with van der Waals surface area (Å²) < 4.78 is 49.3. The van der Waals surface area contributed by atoms with Crippen LogP contribution in [0.3, 0.4) is 0 Å². The van der Waals surface area contributed by atoms with Crippen LogP contribution in [0.25, 0.3) is 0 Å². The molecular weight excluding hydrogens is 289 g/mol. The van der Waals surface area contributed by atoms with E-state index in [0.717, 1.165) is 0 Å². The van der Waals surface area contributed by atoms with Crippen LogP contribution in [0.2, 0.25) is 0 Å². The summed E-state index contributed by atoms with van der Waals surface area (Å²) in [5.41, 5.74) is -1.36. The number of halogens is 3. The monoisotopic (exact) mass is 310 g/mol. The Hall–Kier alpha value is -0.820. The van der Waals surface area contributed by atoms with Crippen molar-refractivity contribution in [3.05, 3.63) is 0 Å². The number of hydrogen-bond donors (Lipinski definition) is 1. The highest BCUT2D eigenvalue weighted by atomic mass is 19.4. The highest BCUT2D eigenvalue weighted by Crippen LogP contribution is 2.52. The Morgan fingerprint density at radius 1 is 1.48 bits per heavy atom. The van der Waals surface area contributed by atoms with Gasteiger partial charge in [0.1, 0.15) is 11.7 Å². The van der Waals surface area contributed by atoms with Crippen molar-refractivity contribution < 1.29 is 32.5 Å². The molecule has 4 unspecified atom stereocenters. The highest BCUT2D eigenvalue weighted by molar-refractivity contribution is 5.72. The number of hydrogen-bond acceptors (Lipinski definition) is 4. The molecule has 1 heterocycles. The molecule has 1 aliphatic carbocycles. The molecule has 122 valence electrons. The molecule has 1 N–H and O–H groups in total. The van der Waals surface area contributed by atoms with Gasteiger partial charge in [0, 0.05) is 0 Å². The molecule has 0 aromatic heterocycles. The Morgan fingerprint density at radius 2 is 2.14 bits per heavy atom. The van der Waals surface area contributed by atoms with Gasteiger partial charge in [-0.2, -0.15) is 13.2 Å². The zero-order chi connectivity index (χ0) is 15.9. The second kappa shape index (κ2) is 5.43. The van der Waals surface area contributed by atoms with Crippen molar-refractivity contribution in [2.45, 2.75) is 76.0 Å². The first-order chi connectivity index (χ1) is 9.63. The zero-order valence-electron chi connectivity index (χ0n) is 12.2. The van der Waals surface area contributed by atoms with E-state index in [0.29, 0.717) is 25.7 Å². The van der Waals surface area contributed by atoms with Gasteiger partial charge in [0.2, 0.25) is 0 Å². The largest absolute Gasteiger partial charge is 0.456 e. The fourth-order valence-electron chi connectivity index (χ4n) is 3.02. The van der Waals surface area contributed by atoms with Gasteiger partial charge < -0.3 is 14.6 Å². The molecule has 0 aromatic rings. The van der Waals surface area contributed by atoms with Crippen molar-refractivity contribution in [2.75, 3.05) is 0 Å². The summed E-state index contributed by atoms with van der Waals surface area (Å²) in [6.45, 7) is 3.47. The molecule has 1 saturated carbocycles. The number of alkyl halides is 3. The van der Waals surface area contributed by atoms with E-state index in [2.05, 4.69) is 0 Å². The molecule has 7 heteroatoms. The van der Waals surface area contributed by atoms with Crippen molar-refractivity contribution in [1.29, 1.82) is 0 Å². The van der Waals surface area contributed by atoms with Gasteiger partial charge in [0.05, 0.1) is 12.3 Å². The van der Waals surface area contributed by atoms with Crippen LogP contribution in [0, 0.1) is 5.92 Å². The van der Waals surface area contributed by atoms with Crippen molar-refractivity contribution in [1.82, 2.24) is 0 Å². The maximum atomic E-state index is 13.0. The molecule has 4 atom stereocenters. The molecule has 2 fully saturated rings. The number of fused-ring (bicyclic) bond motifs is 1. The lowest BCUT2D eigenvalue weighted by Gasteiger charge is -2.37. The molecule has 0 aromatic carbocycles. The average Bonchev–Trinajstić information content (AvgIpc) is 2.70. The topological polar surface area (TPSA) is 55.8 Å². The Morgan fingerprint density at radius 3 is 2.71 bits per heavy atom. The van der Waals surface area contributed by atoms with Gasteiger partial charge in [0.15, 0.2) is 0 Å². The van der Waals surface area contributed by atoms with Crippen LogP contribution in [0.15, 0.2) is 0 Å². The summed E-state index contributed by atoms with van der Waals surface area (Å²) >= 11 is 0. The zero-order valence-corrected chi connectivity index (χ0v) is 12.2. The molecule has 4 nitrogen and oxygen atoms in total. The van der Waals surface area contributed by atoms with Crippen LogP contribution in [0.4, 0.5) is 13.2 Å². The summed E-state index contributed by atoms with van der Waals surface area (Å²) in [5.74, 6) is -4.14. The molecule has 0 radical (unpaired) electrons. The normalized spacial score (nSPS) is 37.9. The molecule has 2 rings (SSSR count). The van der Waals surface area contributed by atoms with E-state index in [-0.39, 0.29) is 12.3 Å². The van der Waals surface area contributed by atoms with Gasteiger partial charge in [-0.15, -0.1) is 0 Å². The van der Waals surface area contributed by atoms with E-state index in [4.69, 9.17) is 9.47 Å². The molecule has 0 bridgehead atoms. The molecule has 0 amide bonds. The third-order valence-electron chi connectivity index (χ3n) is 4.54. The second-order valence-corrected chi connectivity index (χ2v) is 6.11. The van der Waals surface area contributed by atoms with Crippen LogP contribution in [-0.2, 0) is 14.3 Å². The van der Waals surface area contributed by atoms with Gasteiger partial charge in [-0.3, -0.25) is 4.79 Å². The molecule has 2 aliphatic rings. The van der Waals surface area contributed by atoms with Crippen molar-refractivity contribution in [3.63, 3.8) is 0 Å². The van der Waals surface area contributed by atoms with E-state index in [1.165, 1.54) is 0 Å². The maximum Gasteiger partial charge on any atom is 0.443 e. The molecule has 1 saturated heterocycles. The van der Waals surface area contributed by atoms with Crippen LogP contribution in [0.5, 0.6) is 0 Å². The quantitative estimate of drug-likeness (QED) is 0.814. The first-order valence-electron chi connectivity index (χ1n) is 7.33. The molecule has 1 aliphatic heterocycles.